The van der Waals surface area contributed by atoms with Gasteiger partial charge in [-0.2, -0.15) is 0 Å². The smallest absolute Gasteiger partial charge is 0.187 e. The minimum atomic E-state index is -0.0503. The zero-order valence-corrected chi connectivity index (χ0v) is 20.6. The fraction of sp³-hybridized carbons (Fsp3) is 0.483. The molecule has 1 N–H and O–H groups in total. The normalized spacial score (nSPS) is 12.0. The Morgan fingerprint density at radius 1 is 0.848 bits per heavy atom. The van der Waals surface area contributed by atoms with Crippen molar-refractivity contribution in [1.29, 1.82) is 0 Å². The highest BCUT2D eigenvalue weighted by Crippen LogP contribution is 2.17. The monoisotopic (exact) mass is 451 g/mol. The average molecular weight is 452 g/mol. The molecule has 0 heterocycles. The lowest BCUT2D eigenvalue weighted by molar-refractivity contribution is 0.104. The van der Waals surface area contributed by atoms with Crippen LogP contribution in [0.4, 0.5) is 5.69 Å². The van der Waals surface area contributed by atoms with E-state index in [0.717, 1.165) is 36.6 Å². The van der Waals surface area contributed by atoms with Crippen LogP contribution in [0.2, 0.25) is 0 Å². The third-order valence-corrected chi connectivity index (χ3v) is 5.73. The molecule has 0 amide bonds. The molecule has 0 aliphatic carbocycles. The predicted molar refractivity (Wildman–Crippen MR) is 138 cm³/mol. The van der Waals surface area contributed by atoms with Crippen molar-refractivity contribution in [2.45, 2.75) is 72.1 Å². The zero-order chi connectivity index (χ0) is 23.7. The second-order valence-electron chi connectivity index (χ2n) is 8.68. The lowest BCUT2D eigenvalue weighted by Crippen LogP contribution is -2.07. The van der Waals surface area contributed by atoms with E-state index in [9.17, 15) is 4.79 Å². The summed E-state index contributed by atoms with van der Waals surface area (Å²) in [5.41, 5.74) is 1.55. The number of allylic oxidation sites excluding steroid dienone is 1. The van der Waals surface area contributed by atoms with Gasteiger partial charge in [-0.3, -0.25) is 4.79 Å². The van der Waals surface area contributed by atoms with Crippen LogP contribution in [-0.4, -0.2) is 19.0 Å². The molecule has 33 heavy (non-hydrogen) atoms. The third-order valence-electron chi connectivity index (χ3n) is 5.73. The number of benzene rings is 2. The van der Waals surface area contributed by atoms with Crippen molar-refractivity contribution in [3.8, 4) is 11.5 Å². The number of ether oxygens (including phenoxy) is 2. The van der Waals surface area contributed by atoms with Crippen LogP contribution < -0.4 is 14.8 Å². The van der Waals surface area contributed by atoms with E-state index in [1.165, 1.54) is 38.5 Å². The molecule has 0 aliphatic rings. The molecule has 2 rings (SSSR count). The van der Waals surface area contributed by atoms with Gasteiger partial charge in [0.1, 0.15) is 11.5 Å². The van der Waals surface area contributed by atoms with Crippen molar-refractivity contribution in [2.24, 2.45) is 5.92 Å². The van der Waals surface area contributed by atoms with Crippen molar-refractivity contribution in [2.75, 3.05) is 18.5 Å². The summed E-state index contributed by atoms with van der Waals surface area (Å²) >= 11 is 0. The summed E-state index contributed by atoms with van der Waals surface area (Å²) in [5.74, 6) is 2.14. The van der Waals surface area contributed by atoms with E-state index in [-0.39, 0.29) is 5.78 Å². The van der Waals surface area contributed by atoms with Gasteiger partial charge in [-0.1, -0.05) is 65.7 Å². The Balaban J connectivity index is 1.67. The molecule has 180 valence electrons. The van der Waals surface area contributed by atoms with Crippen LogP contribution in [0.1, 0.15) is 82.5 Å². The van der Waals surface area contributed by atoms with Gasteiger partial charge in [-0.25, -0.2) is 0 Å². The van der Waals surface area contributed by atoms with Gasteiger partial charge >= 0.3 is 0 Å². The molecule has 2 aromatic carbocycles. The van der Waals surface area contributed by atoms with Gasteiger partial charge in [0, 0.05) is 23.5 Å². The fourth-order valence-electron chi connectivity index (χ4n) is 3.28. The number of unbranched alkanes of at least 4 members (excludes halogenated alkanes) is 6. The molecule has 0 unspecified atom stereocenters. The number of ketones is 1. The van der Waals surface area contributed by atoms with Gasteiger partial charge in [0.15, 0.2) is 5.78 Å². The van der Waals surface area contributed by atoms with Crippen LogP contribution in [0.15, 0.2) is 60.8 Å². The van der Waals surface area contributed by atoms with E-state index in [0.29, 0.717) is 18.1 Å². The Labute approximate surface area is 200 Å². The Morgan fingerprint density at radius 3 is 2.12 bits per heavy atom. The first kappa shape index (κ1) is 26.5. The van der Waals surface area contributed by atoms with Gasteiger partial charge < -0.3 is 14.8 Å². The lowest BCUT2D eigenvalue weighted by Gasteiger charge is -2.10. The van der Waals surface area contributed by atoms with E-state index < -0.39 is 0 Å². The Kier molecular flexibility index (Phi) is 12.8. The highest BCUT2D eigenvalue weighted by Gasteiger charge is 2.04. The van der Waals surface area contributed by atoms with Crippen molar-refractivity contribution in [3.63, 3.8) is 0 Å². The molecule has 0 aromatic heterocycles. The number of carbonyl (C=O) groups is 1. The maximum absolute atomic E-state index is 12.4. The Bertz CT molecular complexity index is 812. The number of anilines is 1. The van der Waals surface area contributed by atoms with Gasteiger partial charge in [0.2, 0.25) is 0 Å². The summed E-state index contributed by atoms with van der Waals surface area (Å²) in [5, 5.41) is 3.14. The molecule has 0 aliphatic heterocycles. The molecule has 0 radical (unpaired) electrons. The molecular weight excluding hydrogens is 410 g/mol. The molecular formula is C29H41NO3. The maximum atomic E-state index is 12.4. The molecule has 2 aromatic rings. The second-order valence-corrected chi connectivity index (χ2v) is 8.68. The van der Waals surface area contributed by atoms with E-state index >= 15 is 0 Å². The SMILES string of the molecule is CCCCCCCCCOc1ccc(N/C=C/C(=O)c2ccc(OC[C@H](C)CC)cc2)cc1. The van der Waals surface area contributed by atoms with Crippen LogP contribution in [-0.2, 0) is 0 Å². The molecule has 1 atom stereocenters. The second kappa shape index (κ2) is 16.0. The number of rotatable bonds is 17. The highest BCUT2D eigenvalue weighted by atomic mass is 16.5. The van der Waals surface area contributed by atoms with E-state index in [2.05, 4.69) is 26.1 Å². The number of hydrogen-bond donors (Lipinski definition) is 1. The van der Waals surface area contributed by atoms with Gasteiger partial charge in [-0.15, -0.1) is 0 Å². The zero-order valence-electron chi connectivity index (χ0n) is 20.6. The van der Waals surface area contributed by atoms with Crippen molar-refractivity contribution in [1.82, 2.24) is 0 Å². The summed E-state index contributed by atoms with van der Waals surface area (Å²) in [6.07, 6.45) is 13.3. The molecule has 0 spiro atoms. The van der Waals surface area contributed by atoms with Crippen molar-refractivity contribution >= 4 is 11.5 Å². The molecule has 0 saturated carbocycles. The molecule has 4 nitrogen and oxygen atoms in total. The van der Waals surface area contributed by atoms with E-state index in [1.807, 2.05) is 36.4 Å². The first-order valence-corrected chi connectivity index (χ1v) is 12.6. The lowest BCUT2D eigenvalue weighted by atomic mass is 10.1. The summed E-state index contributed by atoms with van der Waals surface area (Å²) in [6, 6.07) is 15.1. The largest absolute Gasteiger partial charge is 0.494 e. The summed E-state index contributed by atoms with van der Waals surface area (Å²) in [4.78, 5) is 12.4. The molecule has 0 bridgehead atoms. The minimum absolute atomic E-state index is 0.0503. The summed E-state index contributed by atoms with van der Waals surface area (Å²) in [6.45, 7) is 8.01. The summed E-state index contributed by atoms with van der Waals surface area (Å²) < 4.78 is 11.6. The molecule has 0 fully saturated rings. The van der Waals surface area contributed by atoms with Crippen LogP contribution >= 0.6 is 0 Å². The van der Waals surface area contributed by atoms with Crippen molar-refractivity contribution < 1.29 is 14.3 Å². The van der Waals surface area contributed by atoms with Crippen LogP contribution in [0.3, 0.4) is 0 Å². The maximum Gasteiger partial charge on any atom is 0.187 e. The predicted octanol–water partition coefficient (Wildman–Crippen LogP) is 8.05. The molecule has 4 heteroatoms. The number of hydrogen-bond acceptors (Lipinski definition) is 4. The minimum Gasteiger partial charge on any atom is -0.494 e. The van der Waals surface area contributed by atoms with Gasteiger partial charge in [0.25, 0.3) is 0 Å². The molecule has 0 saturated heterocycles. The number of nitrogens with one attached hydrogen (secondary N) is 1. The average Bonchev–Trinajstić information content (AvgIpc) is 2.85. The van der Waals surface area contributed by atoms with Crippen LogP contribution in [0.25, 0.3) is 0 Å². The first-order valence-electron chi connectivity index (χ1n) is 12.6. The van der Waals surface area contributed by atoms with Gasteiger partial charge in [-0.05, 0) is 60.9 Å². The fourth-order valence-corrected chi connectivity index (χ4v) is 3.28. The van der Waals surface area contributed by atoms with Crippen LogP contribution in [0, 0.1) is 5.92 Å². The van der Waals surface area contributed by atoms with Crippen molar-refractivity contribution in [3.05, 3.63) is 66.4 Å². The quantitative estimate of drug-likeness (QED) is 0.150. The Morgan fingerprint density at radius 2 is 1.45 bits per heavy atom. The Hall–Kier alpha value is -2.75. The highest BCUT2D eigenvalue weighted by molar-refractivity contribution is 6.04. The van der Waals surface area contributed by atoms with E-state index in [1.54, 1.807) is 24.4 Å². The van der Waals surface area contributed by atoms with Crippen LogP contribution in [0.5, 0.6) is 11.5 Å². The summed E-state index contributed by atoms with van der Waals surface area (Å²) in [7, 11) is 0. The van der Waals surface area contributed by atoms with E-state index in [4.69, 9.17) is 9.47 Å². The third kappa shape index (κ3) is 11.1. The topological polar surface area (TPSA) is 47.6 Å². The first-order chi connectivity index (χ1) is 16.1. The van der Waals surface area contributed by atoms with Gasteiger partial charge in [0.05, 0.1) is 13.2 Å². The number of carbonyl (C=O) groups excluding carboxylic acids is 1. The standard InChI is InChI=1S/C29H41NO3/c1-4-6-7-8-9-10-11-22-32-27-18-14-26(15-19-27)30-21-20-29(31)25-12-16-28(17-13-25)33-23-24(3)5-2/h12-21,24,30H,4-11,22-23H2,1-3H3/b21-20+/t24-/m1/s1.